The van der Waals surface area contributed by atoms with Crippen molar-refractivity contribution in [2.24, 2.45) is 5.14 Å². The van der Waals surface area contributed by atoms with E-state index in [9.17, 15) is 8.42 Å². The van der Waals surface area contributed by atoms with E-state index in [0.29, 0.717) is 5.92 Å². The minimum Gasteiger partial charge on any atom is -0.282 e. The summed E-state index contributed by atoms with van der Waals surface area (Å²) >= 11 is 0. The summed E-state index contributed by atoms with van der Waals surface area (Å²) in [5.74, 6) is 0.477. The van der Waals surface area contributed by atoms with E-state index in [2.05, 4.69) is 33.4 Å². The highest BCUT2D eigenvalue weighted by Gasteiger charge is 2.28. The number of sulfonamides is 1. The Morgan fingerprint density at radius 1 is 0.968 bits per heavy atom. The molecule has 1 aliphatic rings. The number of pyridine rings is 1. The third-order valence-corrected chi connectivity index (χ3v) is 6.64. The van der Waals surface area contributed by atoms with Crippen LogP contribution in [0.25, 0.3) is 33.5 Å². The number of benzene rings is 2. The van der Waals surface area contributed by atoms with E-state index in [1.165, 1.54) is 11.6 Å². The van der Waals surface area contributed by atoms with E-state index >= 15 is 0 Å². The Labute approximate surface area is 181 Å². The summed E-state index contributed by atoms with van der Waals surface area (Å²) in [6, 6.07) is 17.1. The van der Waals surface area contributed by atoms with Crippen LogP contribution in [0.5, 0.6) is 0 Å². The van der Waals surface area contributed by atoms with E-state index in [1.807, 2.05) is 25.1 Å². The minimum atomic E-state index is -3.75. The Hall–Kier alpha value is -3.29. The van der Waals surface area contributed by atoms with E-state index in [-0.39, 0.29) is 4.90 Å². The van der Waals surface area contributed by atoms with Crippen LogP contribution in [0, 0.1) is 6.92 Å². The minimum absolute atomic E-state index is 0.126. The lowest BCUT2D eigenvalue weighted by atomic mass is 9.91. The van der Waals surface area contributed by atoms with Crippen LogP contribution in [0.3, 0.4) is 0 Å². The van der Waals surface area contributed by atoms with Gasteiger partial charge in [0.25, 0.3) is 0 Å². The van der Waals surface area contributed by atoms with Gasteiger partial charge in [0.05, 0.1) is 4.90 Å². The van der Waals surface area contributed by atoms with Gasteiger partial charge in [-0.25, -0.2) is 13.6 Å². The number of primary sulfonamides is 1. The van der Waals surface area contributed by atoms with Crippen LogP contribution >= 0.6 is 0 Å². The molecule has 0 radical (unpaired) electrons. The molecule has 3 N–H and O–H groups in total. The van der Waals surface area contributed by atoms with Crippen molar-refractivity contribution in [2.45, 2.75) is 30.6 Å². The second-order valence-corrected chi connectivity index (χ2v) is 9.52. The third kappa shape index (κ3) is 3.78. The molecule has 0 saturated heterocycles. The molecule has 1 aliphatic carbocycles. The average molecular weight is 431 g/mol. The fourth-order valence-corrected chi connectivity index (χ4v) is 4.61. The maximum atomic E-state index is 11.8. The zero-order valence-electron chi connectivity index (χ0n) is 17.0. The SMILES string of the molecule is Cc1[nH]nc(-c2ccncc2)c1-c1ccc(-c2cccc(S(N)(=O)=O)c2)c(C2CC2)c1. The predicted octanol–water partition coefficient (Wildman–Crippen LogP) is 4.64. The molecule has 1 saturated carbocycles. The van der Waals surface area contributed by atoms with Gasteiger partial charge in [0, 0.05) is 29.2 Å². The molecule has 4 aromatic rings. The molecule has 7 heteroatoms. The molecule has 0 bridgehead atoms. The number of rotatable bonds is 5. The number of nitrogens with zero attached hydrogens (tertiary/aromatic N) is 2. The molecule has 2 aromatic heterocycles. The molecule has 0 atom stereocenters. The van der Waals surface area contributed by atoms with Crippen LogP contribution in [-0.2, 0) is 10.0 Å². The van der Waals surface area contributed by atoms with Crippen molar-refractivity contribution >= 4 is 10.0 Å². The van der Waals surface area contributed by atoms with Crippen LogP contribution in [0.4, 0.5) is 0 Å². The summed E-state index contributed by atoms with van der Waals surface area (Å²) < 4.78 is 23.7. The normalized spacial score (nSPS) is 14.0. The van der Waals surface area contributed by atoms with Gasteiger partial charge in [-0.1, -0.05) is 30.3 Å². The van der Waals surface area contributed by atoms with Crippen LogP contribution in [0.15, 0.2) is 71.9 Å². The highest BCUT2D eigenvalue weighted by atomic mass is 32.2. The first-order valence-electron chi connectivity index (χ1n) is 10.1. The van der Waals surface area contributed by atoms with Crippen LogP contribution in [0.2, 0.25) is 0 Å². The lowest BCUT2D eigenvalue weighted by Gasteiger charge is -2.13. The Kier molecular flexibility index (Phi) is 4.72. The first-order valence-corrected chi connectivity index (χ1v) is 11.7. The number of aromatic amines is 1. The molecule has 31 heavy (non-hydrogen) atoms. The van der Waals surface area contributed by atoms with Crippen molar-refractivity contribution < 1.29 is 8.42 Å². The first-order chi connectivity index (χ1) is 14.9. The monoisotopic (exact) mass is 430 g/mol. The van der Waals surface area contributed by atoms with Gasteiger partial charge in [-0.2, -0.15) is 5.10 Å². The molecule has 2 aromatic carbocycles. The Morgan fingerprint density at radius 2 is 1.74 bits per heavy atom. The first kappa shape index (κ1) is 19.7. The van der Waals surface area contributed by atoms with Gasteiger partial charge < -0.3 is 0 Å². The molecule has 0 unspecified atom stereocenters. The van der Waals surface area contributed by atoms with Crippen molar-refractivity contribution in [2.75, 3.05) is 0 Å². The molecule has 0 aliphatic heterocycles. The number of nitrogens with two attached hydrogens (primary N) is 1. The third-order valence-electron chi connectivity index (χ3n) is 5.73. The lowest BCUT2D eigenvalue weighted by Crippen LogP contribution is -2.12. The van der Waals surface area contributed by atoms with Crippen molar-refractivity contribution in [3.05, 3.63) is 78.2 Å². The molecular weight excluding hydrogens is 408 g/mol. The highest BCUT2D eigenvalue weighted by Crippen LogP contribution is 2.46. The molecule has 0 amide bonds. The molecular formula is C24H22N4O2S. The van der Waals surface area contributed by atoms with Gasteiger partial charge in [-0.15, -0.1) is 0 Å². The maximum Gasteiger partial charge on any atom is 0.238 e. The molecule has 5 rings (SSSR count). The van der Waals surface area contributed by atoms with Crippen molar-refractivity contribution in [1.82, 2.24) is 15.2 Å². The van der Waals surface area contributed by atoms with Crippen LogP contribution in [-0.4, -0.2) is 23.6 Å². The molecule has 0 spiro atoms. The summed E-state index contributed by atoms with van der Waals surface area (Å²) in [5.41, 5.74) is 8.19. The van der Waals surface area contributed by atoms with Gasteiger partial charge in [0.2, 0.25) is 10.0 Å². The summed E-state index contributed by atoms with van der Waals surface area (Å²) in [5, 5.41) is 13.0. The Balaban J connectivity index is 1.64. The number of nitrogens with one attached hydrogen (secondary N) is 1. The van der Waals surface area contributed by atoms with Gasteiger partial charge in [-0.05, 0) is 72.2 Å². The Morgan fingerprint density at radius 3 is 2.45 bits per heavy atom. The summed E-state index contributed by atoms with van der Waals surface area (Å²) in [4.78, 5) is 4.23. The smallest absolute Gasteiger partial charge is 0.238 e. The lowest BCUT2D eigenvalue weighted by molar-refractivity contribution is 0.598. The number of hydrogen-bond donors (Lipinski definition) is 2. The Bertz CT molecular complexity index is 1370. The number of H-pyrrole nitrogens is 1. The molecule has 156 valence electrons. The fourth-order valence-electron chi connectivity index (χ4n) is 4.05. The summed E-state index contributed by atoms with van der Waals surface area (Å²) in [7, 11) is -3.75. The van der Waals surface area contributed by atoms with Gasteiger partial charge in [0.1, 0.15) is 5.69 Å². The molecule has 2 heterocycles. The second-order valence-electron chi connectivity index (χ2n) is 7.96. The summed E-state index contributed by atoms with van der Waals surface area (Å²) in [6.07, 6.45) is 5.79. The highest BCUT2D eigenvalue weighted by molar-refractivity contribution is 7.89. The standard InChI is InChI=1S/C24H22N4O2S/c1-15-23(24(28-27-15)17-9-11-26-12-10-17)19-7-8-21(22(14-19)16-5-6-16)18-3-2-4-20(13-18)31(25,29)30/h2-4,7-14,16H,5-6H2,1H3,(H,27,28)(H2,25,29,30). The summed E-state index contributed by atoms with van der Waals surface area (Å²) in [6.45, 7) is 2.02. The maximum absolute atomic E-state index is 11.8. The van der Waals surface area contributed by atoms with Crippen molar-refractivity contribution in [3.63, 3.8) is 0 Å². The molecule has 1 fully saturated rings. The van der Waals surface area contributed by atoms with E-state index < -0.39 is 10.0 Å². The molecule has 6 nitrogen and oxygen atoms in total. The van der Waals surface area contributed by atoms with E-state index in [0.717, 1.165) is 52.0 Å². The zero-order chi connectivity index (χ0) is 21.6. The second kappa shape index (κ2) is 7.44. The zero-order valence-corrected chi connectivity index (χ0v) is 17.9. The van der Waals surface area contributed by atoms with Crippen LogP contribution < -0.4 is 5.14 Å². The van der Waals surface area contributed by atoms with Gasteiger partial charge in [-0.3, -0.25) is 10.1 Å². The quantitative estimate of drug-likeness (QED) is 0.481. The van der Waals surface area contributed by atoms with Gasteiger partial charge in [0.15, 0.2) is 0 Å². The van der Waals surface area contributed by atoms with Crippen LogP contribution in [0.1, 0.15) is 30.0 Å². The number of aryl methyl sites for hydroxylation is 1. The predicted molar refractivity (Wildman–Crippen MR) is 121 cm³/mol. The van der Waals surface area contributed by atoms with Gasteiger partial charge >= 0.3 is 0 Å². The fraction of sp³-hybridized carbons (Fsp3) is 0.167. The van der Waals surface area contributed by atoms with E-state index in [4.69, 9.17) is 5.14 Å². The average Bonchev–Trinajstić information content (AvgIpc) is 3.55. The number of aromatic nitrogens is 3. The largest absolute Gasteiger partial charge is 0.282 e. The number of hydrogen-bond acceptors (Lipinski definition) is 4. The van der Waals surface area contributed by atoms with Crippen molar-refractivity contribution in [1.29, 1.82) is 0 Å². The van der Waals surface area contributed by atoms with E-state index in [1.54, 1.807) is 24.5 Å². The van der Waals surface area contributed by atoms with Crippen molar-refractivity contribution in [3.8, 4) is 33.5 Å². The topological polar surface area (TPSA) is 102 Å².